The molecule has 1 atom stereocenters. The molecule has 3 heterocycles. The van der Waals surface area contributed by atoms with Crippen molar-refractivity contribution < 1.29 is 29.7 Å². The summed E-state index contributed by atoms with van der Waals surface area (Å²) in [7, 11) is 0. The molecule has 2 fully saturated rings. The summed E-state index contributed by atoms with van der Waals surface area (Å²) in [5.41, 5.74) is 3.37. The van der Waals surface area contributed by atoms with Crippen molar-refractivity contribution in [3.05, 3.63) is 71.3 Å². The fraction of sp³-hybridized carbons (Fsp3) is 0.423. The Morgan fingerprint density at radius 3 is 1.85 bits per heavy atom. The summed E-state index contributed by atoms with van der Waals surface area (Å²) in [6.45, 7) is 4.75. The van der Waals surface area contributed by atoms with Crippen LogP contribution < -0.4 is 0 Å². The van der Waals surface area contributed by atoms with Crippen molar-refractivity contribution >= 4 is 18.0 Å². The number of fused-ring (bicyclic) bond motifs is 3. The van der Waals surface area contributed by atoms with Crippen LogP contribution in [0, 0.1) is 5.92 Å². The monoisotopic (exact) mass is 468 g/mol. The third-order valence-electron chi connectivity index (χ3n) is 6.42. The summed E-state index contributed by atoms with van der Waals surface area (Å²) >= 11 is 0. The van der Waals surface area contributed by atoms with E-state index in [1.54, 1.807) is 0 Å². The van der Waals surface area contributed by atoms with Gasteiger partial charge in [0.15, 0.2) is 0 Å². The van der Waals surface area contributed by atoms with E-state index in [-0.39, 0.29) is 18.9 Å². The van der Waals surface area contributed by atoms with Crippen LogP contribution in [-0.2, 0) is 16.0 Å². The number of aliphatic carboxylic acids is 2. The highest BCUT2D eigenvalue weighted by Gasteiger charge is 2.31. The normalized spacial score (nSPS) is 21.9. The molecule has 0 aliphatic carbocycles. The zero-order chi connectivity index (χ0) is 24.5. The predicted octanol–water partition coefficient (Wildman–Crippen LogP) is 3.96. The number of rotatable bonds is 4. The Labute approximate surface area is 199 Å². The molecule has 5 rings (SSSR count). The SMILES string of the molecule is C1CN2CCC1C2.O=C(O)CCC(=O)O.O=C(O)N1CCc2ccccc2C1c1ccccc1. The van der Waals surface area contributed by atoms with Crippen LogP contribution in [0.2, 0.25) is 0 Å². The zero-order valence-electron chi connectivity index (χ0n) is 19.2. The summed E-state index contributed by atoms with van der Waals surface area (Å²) in [6.07, 6.45) is 2.31. The van der Waals surface area contributed by atoms with Crippen molar-refractivity contribution in [1.82, 2.24) is 9.80 Å². The molecule has 2 saturated heterocycles. The van der Waals surface area contributed by atoms with Gasteiger partial charge in [-0.25, -0.2) is 4.79 Å². The summed E-state index contributed by atoms with van der Waals surface area (Å²) in [6, 6.07) is 17.7. The maximum Gasteiger partial charge on any atom is 0.408 e. The summed E-state index contributed by atoms with van der Waals surface area (Å²) in [5, 5.41) is 25.2. The Morgan fingerprint density at radius 1 is 0.794 bits per heavy atom. The van der Waals surface area contributed by atoms with Crippen molar-refractivity contribution in [1.29, 1.82) is 0 Å². The van der Waals surface area contributed by atoms with Gasteiger partial charge in [-0.05, 0) is 55.0 Å². The van der Waals surface area contributed by atoms with Crippen molar-refractivity contribution in [3.8, 4) is 0 Å². The Balaban J connectivity index is 0.000000177. The van der Waals surface area contributed by atoms with Gasteiger partial charge in [-0.15, -0.1) is 0 Å². The van der Waals surface area contributed by atoms with E-state index < -0.39 is 18.0 Å². The maximum atomic E-state index is 11.5. The lowest BCUT2D eigenvalue weighted by Gasteiger charge is -2.35. The predicted molar refractivity (Wildman–Crippen MR) is 127 cm³/mol. The van der Waals surface area contributed by atoms with E-state index in [1.807, 2.05) is 48.5 Å². The summed E-state index contributed by atoms with van der Waals surface area (Å²) in [4.78, 5) is 34.8. The Kier molecular flexibility index (Phi) is 9.04. The molecule has 3 N–H and O–H groups in total. The van der Waals surface area contributed by atoms with E-state index in [2.05, 4.69) is 11.0 Å². The lowest BCUT2D eigenvalue weighted by molar-refractivity contribution is -0.143. The smallest absolute Gasteiger partial charge is 0.408 e. The molecular weight excluding hydrogens is 436 g/mol. The molecule has 8 nitrogen and oxygen atoms in total. The van der Waals surface area contributed by atoms with Gasteiger partial charge in [-0.1, -0.05) is 54.6 Å². The van der Waals surface area contributed by atoms with Gasteiger partial charge in [0.25, 0.3) is 0 Å². The fourth-order valence-electron chi connectivity index (χ4n) is 4.70. The molecule has 0 radical (unpaired) electrons. The largest absolute Gasteiger partial charge is 0.481 e. The first-order chi connectivity index (χ1) is 16.3. The van der Waals surface area contributed by atoms with E-state index in [0.29, 0.717) is 6.54 Å². The molecule has 182 valence electrons. The molecule has 3 aliphatic rings. The highest BCUT2D eigenvalue weighted by Crippen LogP contribution is 2.34. The number of hydrogen-bond acceptors (Lipinski definition) is 4. The van der Waals surface area contributed by atoms with Crippen molar-refractivity contribution in [2.75, 3.05) is 26.2 Å². The molecule has 1 amide bonds. The average molecular weight is 469 g/mol. The molecular formula is C26H32N2O6. The van der Waals surface area contributed by atoms with Gasteiger partial charge in [-0.2, -0.15) is 0 Å². The molecule has 0 spiro atoms. The third-order valence-corrected chi connectivity index (χ3v) is 6.42. The second kappa shape index (κ2) is 12.2. The number of carboxylic acid groups (broad SMARTS) is 3. The average Bonchev–Trinajstić information content (AvgIpc) is 3.50. The first kappa shape index (κ1) is 25.2. The number of piperidine rings is 1. The Bertz CT molecular complexity index is 948. The molecule has 1 unspecified atom stereocenters. The molecule has 3 aliphatic heterocycles. The second-order valence-electron chi connectivity index (χ2n) is 8.77. The highest BCUT2D eigenvalue weighted by molar-refractivity contribution is 5.75. The van der Waals surface area contributed by atoms with Gasteiger partial charge >= 0.3 is 18.0 Å². The minimum atomic E-state index is -1.08. The summed E-state index contributed by atoms with van der Waals surface area (Å²) in [5.74, 6) is -1.06. The first-order valence-electron chi connectivity index (χ1n) is 11.6. The quantitative estimate of drug-likeness (QED) is 0.621. The van der Waals surface area contributed by atoms with Crippen molar-refractivity contribution in [3.63, 3.8) is 0 Å². The molecule has 2 aromatic rings. The fourth-order valence-corrected chi connectivity index (χ4v) is 4.70. The van der Waals surface area contributed by atoms with Gasteiger partial charge in [0.05, 0.1) is 18.9 Å². The van der Waals surface area contributed by atoms with Gasteiger partial charge in [0.1, 0.15) is 0 Å². The number of carbonyl (C=O) groups is 3. The molecule has 2 aromatic carbocycles. The van der Waals surface area contributed by atoms with Gasteiger partial charge < -0.3 is 20.2 Å². The van der Waals surface area contributed by atoms with Crippen LogP contribution in [0.4, 0.5) is 4.79 Å². The standard InChI is InChI=1S/C16H15NO2.C6H11N.C4H6O4/c18-16(19)17-11-10-12-6-4-5-9-14(12)15(17)13-7-2-1-3-8-13;1-3-7-4-2-6(1)5-7;5-3(6)1-2-4(7)8/h1-9,15H,10-11H2,(H,18,19);6H,1-5H2;1-2H2,(H,5,6)(H,7,8). The van der Waals surface area contributed by atoms with Gasteiger partial charge in [-0.3, -0.25) is 14.5 Å². The Morgan fingerprint density at radius 2 is 1.38 bits per heavy atom. The van der Waals surface area contributed by atoms with Crippen LogP contribution in [0.25, 0.3) is 0 Å². The number of hydrogen-bond donors (Lipinski definition) is 3. The van der Waals surface area contributed by atoms with Crippen molar-refractivity contribution in [2.45, 2.75) is 38.1 Å². The molecule has 0 saturated carbocycles. The van der Waals surface area contributed by atoms with Crippen LogP contribution >= 0.6 is 0 Å². The number of benzene rings is 2. The second-order valence-corrected chi connectivity index (χ2v) is 8.77. The van der Waals surface area contributed by atoms with E-state index in [4.69, 9.17) is 10.2 Å². The zero-order valence-corrected chi connectivity index (χ0v) is 19.2. The van der Waals surface area contributed by atoms with E-state index >= 15 is 0 Å². The van der Waals surface area contributed by atoms with E-state index in [0.717, 1.165) is 23.5 Å². The molecule has 34 heavy (non-hydrogen) atoms. The van der Waals surface area contributed by atoms with Gasteiger partial charge in [0.2, 0.25) is 0 Å². The van der Waals surface area contributed by atoms with Gasteiger partial charge in [0, 0.05) is 13.1 Å². The molecule has 0 aromatic heterocycles. The Hall–Kier alpha value is -3.39. The third kappa shape index (κ3) is 7.05. The van der Waals surface area contributed by atoms with Crippen LogP contribution in [0.3, 0.4) is 0 Å². The lowest BCUT2D eigenvalue weighted by Crippen LogP contribution is -2.39. The topological polar surface area (TPSA) is 118 Å². The van der Waals surface area contributed by atoms with Crippen LogP contribution in [0.1, 0.15) is 48.4 Å². The molecule has 8 heteroatoms. The number of amides is 1. The number of nitrogens with zero attached hydrogens (tertiary/aromatic N) is 2. The first-order valence-corrected chi connectivity index (χ1v) is 11.6. The van der Waals surface area contributed by atoms with Crippen LogP contribution in [0.15, 0.2) is 54.6 Å². The lowest BCUT2D eigenvalue weighted by atomic mass is 9.88. The minimum absolute atomic E-state index is 0.191. The van der Waals surface area contributed by atoms with Crippen LogP contribution in [0.5, 0.6) is 0 Å². The highest BCUT2D eigenvalue weighted by atomic mass is 16.4. The summed E-state index contributed by atoms with van der Waals surface area (Å²) < 4.78 is 0. The minimum Gasteiger partial charge on any atom is -0.481 e. The molecule has 2 bridgehead atoms. The van der Waals surface area contributed by atoms with E-state index in [9.17, 15) is 19.5 Å². The maximum absolute atomic E-state index is 11.5. The number of carboxylic acids is 2. The van der Waals surface area contributed by atoms with Crippen molar-refractivity contribution in [2.24, 2.45) is 5.92 Å². The van der Waals surface area contributed by atoms with E-state index in [1.165, 1.54) is 42.9 Å². The van der Waals surface area contributed by atoms with Crippen LogP contribution in [-0.4, -0.2) is 69.3 Å².